The first kappa shape index (κ1) is 15.0. The van der Waals surface area contributed by atoms with Gasteiger partial charge in [-0.1, -0.05) is 13.8 Å². The number of aromatic nitrogens is 3. The van der Waals surface area contributed by atoms with Gasteiger partial charge in [0, 0.05) is 5.69 Å². The summed E-state index contributed by atoms with van der Waals surface area (Å²) in [7, 11) is 0. The van der Waals surface area contributed by atoms with E-state index in [0.29, 0.717) is 23.5 Å². The maximum atomic E-state index is 11.8. The molecule has 0 aliphatic heterocycles. The lowest BCUT2D eigenvalue weighted by Crippen LogP contribution is -2.19. The molecular weight excluding hydrogens is 266 g/mol. The topological polar surface area (TPSA) is 99.8 Å². The molecule has 0 aliphatic carbocycles. The number of pyridine rings is 1. The molecule has 0 bridgehead atoms. The number of amides is 1. The highest BCUT2D eigenvalue weighted by Crippen LogP contribution is 2.25. The molecule has 0 atom stereocenters. The fourth-order valence-electron chi connectivity index (χ4n) is 2.57. The van der Waals surface area contributed by atoms with Crippen molar-refractivity contribution in [2.75, 3.05) is 5.73 Å². The van der Waals surface area contributed by atoms with E-state index >= 15 is 0 Å². The molecule has 0 aromatic carbocycles. The fraction of sp³-hybridized carbons (Fsp3) is 0.400. The van der Waals surface area contributed by atoms with Gasteiger partial charge in [0.05, 0.1) is 22.6 Å². The number of hydrogen-bond acceptors (Lipinski definition) is 4. The maximum Gasteiger partial charge on any atom is 0.252 e. The second-order valence-electron chi connectivity index (χ2n) is 5.07. The van der Waals surface area contributed by atoms with Crippen LogP contribution in [0.1, 0.15) is 46.9 Å². The van der Waals surface area contributed by atoms with Crippen molar-refractivity contribution in [3.8, 4) is 5.82 Å². The lowest BCUT2D eigenvalue weighted by molar-refractivity contribution is 0.0999. The molecule has 0 spiro atoms. The summed E-state index contributed by atoms with van der Waals surface area (Å²) in [6.07, 6.45) is 1.42. The number of carbonyl (C=O) groups excluding carboxylic acids is 1. The van der Waals surface area contributed by atoms with Gasteiger partial charge in [-0.05, 0) is 38.3 Å². The van der Waals surface area contributed by atoms with Crippen LogP contribution in [0.5, 0.6) is 0 Å². The average molecular weight is 287 g/mol. The molecule has 2 aromatic heterocycles. The Morgan fingerprint density at radius 2 is 1.95 bits per heavy atom. The van der Waals surface area contributed by atoms with Crippen LogP contribution in [0.15, 0.2) is 6.07 Å². The lowest BCUT2D eigenvalue weighted by Gasteiger charge is -2.12. The number of anilines is 1. The summed E-state index contributed by atoms with van der Waals surface area (Å²) in [5, 5.41) is 4.52. The van der Waals surface area contributed by atoms with Gasteiger partial charge in [-0.25, -0.2) is 9.67 Å². The summed E-state index contributed by atoms with van der Waals surface area (Å²) in [6.45, 7) is 7.71. The Hall–Kier alpha value is -2.37. The lowest BCUT2D eigenvalue weighted by atomic mass is 10.1. The molecule has 0 saturated carbocycles. The number of aryl methyl sites for hydroxylation is 3. The van der Waals surface area contributed by atoms with E-state index < -0.39 is 5.91 Å². The Morgan fingerprint density at radius 1 is 1.29 bits per heavy atom. The third kappa shape index (κ3) is 2.49. The van der Waals surface area contributed by atoms with E-state index in [1.54, 1.807) is 4.68 Å². The first-order valence-corrected chi connectivity index (χ1v) is 7.05. The van der Waals surface area contributed by atoms with Crippen LogP contribution in [0.2, 0.25) is 0 Å². The molecule has 1 amide bonds. The summed E-state index contributed by atoms with van der Waals surface area (Å²) in [5.41, 5.74) is 16.0. The van der Waals surface area contributed by atoms with E-state index in [1.807, 2.05) is 33.8 Å². The van der Waals surface area contributed by atoms with E-state index in [-0.39, 0.29) is 0 Å². The highest BCUT2D eigenvalue weighted by molar-refractivity contribution is 5.97. The van der Waals surface area contributed by atoms with Gasteiger partial charge >= 0.3 is 0 Å². The number of nitrogens with two attached hydrogens (primary N) is 2. The zero-order valence-electron chi connectivity index (χ0n) is 12.9. The van der Waals surface area contributed by atoms with Crippen molar-refractivity contribution >= 4 is 11.6 Å². The minimum absolute atomic E-state index is 0.389. The van der Waals surface area contributed by atoms with Crippen molar-refractivity contribution in [2.45, 2.75) is 40.5 Å². The summed E-state index contributed by atoms with van der Waals surface area (Å²) in [4.78, 5) is 16.3. The molecule has 112 valence electrons. The Morgan fingerprint density at radius 3 is 2.48 bits per heavy atom. The predicted octanol–water partition coefficient (Wildman–Crippen LogP) is 1.69. The van der Waals surface area contributed by atoms with Crippen LogP contribution < -0.4 is 11.5 Å². The molecule has 0 radical (unpaired) electrons. The average Bonchev–Trinajstić information content (AvgIpc) is 2.73. The zero-order chi connectivity index (χ0) is 15.7. The summed E-state index contributed by atoms with van der Waals surface area (Å²) in [6, 6.07) is 1.84. The van der Waals surface area contributed by atoms with Crippen molar-refractivity contribution < 1.29 is 4.79 Å². The molecule has 0 fully saturated rings. The van der Waals surface area contributed by atoms with Crippen LogP contribution in [0.25, 0.3) is 5.82 Å². The number of nitrogens with zero attached hydrogens (tertiary/aromatic N) is 3. The van der Waals surface area contributed by atoms with E-state index in [0.717, 1.165) is 29.1 Å². The van der Waals surface area contributed by atoms with Gasteiger partial charge in [0.15, 0.2) is 5.82 Å². The maximum absolute atomic E-state index is 11.8. The van der Waals surface area contributed by atoms with E-state index in [1.165, 1.54) is 0 Å². The van der Waals surface area contributed by atoms with Crippen LogP contribution in [0, 0.1) is 13.8 Å². The molecule has 6 nitrogen and oxygen atoms in total. The van der Waals surface area contributed by atoms with Gasteiger partial charge in [-0.3, -0.25) is 4.79 Å². The number of hydrogen-bond donors (Lipinski definition) is 2. The van der Waals surface area contributed by atoms with Gasteiger partial charge in [-0.15, -0.1) is 0 Å². The Bertz CT molecular complexity index is 703. The third-order valence-electron chi connectivity index (χ3n) is 3.54. The Balaban J connectivity index is 2.81. The fourth-order valence-corrected chi connectivity index (χ4v) is 2.57. The van der Waals surface area contributed by atoms with Crippen molar-refractivity contribution in [1.29, 1.82) is 0 Å². The number of nitrogen functional groups attached to an aromatic ring is 1. The van der Waals surface area contributed by atoms with Crippen molar-refractivity contribution in [1.82, 2.24) is 14.8 Å². The van der Waals surface area contributed by atoms with Crippen LogP contribution in [-0.2, 0) is 12.8 Å². The van der Waals surface area contributed by atoms with Gasteiger partial charge < -0.3 is 11.5 Å². The van der Waals surface area contributed by atoms with Crippen LogP contribution >= 0.6 is 0 Å². The predicted molar refractivity (Wildman–Crippen MR) is 82.5 cm³/mol. The number of primary amides is 1. The van der Waals surface area contributed by atoms with Crippen molar-refractivity contribution in [2.24, 2.45) is 5.73 Å². The zero-order valence-corrected chi connectivity index (χ0v) is 12.9. The Kier molecular flexibility index (Phi) is 3.97. The number of carbonyl (C=O) groups is 1. The molecule has 0 saturated heterocycles. The van der Waals surface area contributed by atoms with Crippen LogP contribution in [-0.4, -0.2) is 20.7 Å². The molecule has 21 heavy (non-hydrogen) atoms. The standard InChI is InChI=1S/C15H21N5O/c1-5-10-13(16)11(6-2)20(19-10)15-12(14(17)21)8(3)7-9(4)18-15/h7H,5-6,16H2,1-4H3,(H2,17,21). The second-order valence-corrected chi connectivity index (χ2v) is 5.07. The van der Waals surface area contributed by atoms with Crippen LogP contribution in [0.3, 0.4) is 0 Å². The molecule has 2 aromatic rings. The Labute approximate surface area is 124 Å². The quantitative estimate of drug-likeness (QED) is 0.893. The molecule has 0 aliphatic rings. The minimum atomic E-state index is -0.510. The first-order chi connectivity index (χ1) is 9.90. The molecule has 0 unspecified atom stereocenters. The molecule has 2 rings (SSSR count). The summed E-state index contributed by atoms with van der Waals surface area (Å²) >= 11 is 0. The highest BCUT2D eigenvalue weighted by atomic mass is 16.1. The normalized spacial score (nSPS) is 10.9. The first-order valence-electron chi connectivity index (χ1n) is 7.05. The van der Waals surface area contributed by atoms with E-state index in [9.17, 15) is 4.79 Å². The smallest absolute Gasteiger partial charge is 0.252 e. The number of rotatable bonds is 4. The summed E-state index contributed by atoms with van der Waals surface area (Å²) in [5.74, 6) is -0.0487. The van der Waals surface area contributed by atoms with Gasteiger partial charge in [0.2, 0.25) is 0 Å². The van der Waals surface area contributed by atoms with Crippen molar-refractivity contribution in [3.63, 3.8) is 0 Å². The molecule has 6 heteroatoms. The SMILES string of the molecule is CCc1nn(-c2nc(C)cc(C)c2C(N)=O)c(CC)c1N. The molecular formula is C15H21N5O. The monoisotopic (exact) mass is 287 g/mol. The van der Waals surface area contributed by atoms with Crippen molar-refractivity contribution in [3.05, 3.63) is 34.3 Å². The minimum Gasteiger partial charge on any atom is -0.396 e. The highest BCUT2D eigenvalue weighted by Gasteiger charge is 2.21. The van der Waals surface area contributed by atoms with Crippen LogP contribution in [0.4, 0.5) is 5.69 Å². The molecule has 2 heterocycles. The van der Waals surface area contributed by atoms with Gasteiger partial charge in [0.1, 0.15) is 0 Å². The summed E-state index contributed by atoms with van der Waals surface area (Å²) < 4.78 is 1.66. The van der Waals surface area contributed by atoms with Gasteiger partial charge in [-0.2, -0.15) is 5.10 Å². The third-order valence-corrected chi connectivity index (χ3v) is 3.54. The second kappa shape index (κ2) is 5.55. The van der Waals surface area contributed by atoms with E-state index in [2.05, 4.69) is 10.1 Å². The van der Waals surface area contributed by atoms with E-state index in [4.69, 9.17) is 11.5 Å². The largest absolute Gasteiger partial charge is 0.396 e. The van der Waals surface area contributed by atoms with Gasteiger partial charge in [0.25, 0.3) is 5.91 Å². The molecule has 4 N–H and O–H groups in total.